The molecule has 0 amide bonds. The van der Waals surface area contributed by atoms with Gasteiger partial charge >= 0.3 is 0 Å². The van der Waals surface area contributed by atoms with Crippen LogP contribution in [0.4, 0.5) is 0 Å². The Morgan fingerprint density at radius 1 is 1.15 bits per heavy atom. The molecule has 2 N–H and O–H groups in total. The maximum Gasteiger partial charge on any atom is 0.231 e. The number of aliphatic hydroxyl groups excluding tert-OH is 1. The van der Waals surface area contributed by atoms with Crippen molar-refractivity contribution >= 4 is 0 Å². The predicted molar refractivity (Wildman–Crippen MR) is 73.5 cm³/mol. The van der Waals surface area contributed by atoms with Crippen molar-refractivity contribution in [3.63, 3.8) is 0 Å². The second-order valence-corrected chi connectivity index (χ2v) is 4.61. The van der Waals surface area contributed by atoms with Gasteiger partial charge in [0.1, 0.15) is 0 Å². The second-order valence-electron chi connectivity index (χ2n) is 4.61. The first-order valence-electron chi connectivity index (χ1n) is 6.50. The maximum atomic E-state index is 10.0. The van der Waals surface area contributed by atoms with Crippen molar-refractivity contribution in [2.45, 2.75) is 12.6 Å². The third-order valence-corrected chi connectivity index (χ3v) is 3.19. The number of rotatable bonds is 5. The van der Waals surface area contributed by atoms with Gasteiger partial charge < -0.3 is 19.9 Å². The molecule has 0 saturated heterocycles. The van der Waals surface area contributed by atoms with Crippen LogP contribution < -0.4 is 14.8 Å². The first-order valence-corrected chi connectivity index (χ1v) is 6.50. The van der Waals surface area contributed by atoms with Gasteiger partial charge in [0.05, 0.1) is 6.10 Å². The van der Waals surface area contributed by atoms with E-state index in [2.05, 4.69) is 10.3 Å². The van der Waals surface area contributed by atoms with Crippen LogP contribution >= 0.6 is 0 Å². The Hall–Kier alpha value is -2.11. The van der Waals surface area contributed by atoms with Crippen LogP contribution in [-0.4, -0.2) is 23.4 Å². The Morgan fingerprint density at radius 3 is 2.80 bits per heavy atom. The minimum absolute atomic E-state index is 0.285. The smallest absolute Gasteiger partial charge is 0.231 e. The number of aromatic nitrogens is 1. The molecule has 1 aromatic carbocycles. The lowest BCUT2D eigenvalue weighted by atomic mass is 10.1. The van der Waals surface area contributed by atoms with Crippen molar-refractivity contribution in [3.8, 4) is 11.5 Å². The quantitative estimate of drug-likeness (QED) is 0.866. The van der Waals surface area contributed by atoms with Gasteiger partial charge in [-0.1, -0.05) is 6.07 Å². The summed E-state index contributed by atoms with van der Waals surface area (Å²) in [5.41, 5.74) is 1.95. The highest BCUT2D eigenvalue weighted by Crippen LogP contribution is 2.32. The van der Waals surface area contributed by atoms with Gasteiger partial charge in [0.15, 0.2) is 11.5 Å². The summed E-state index contributed by atoms with van der Waals surface area (Å²) >= 11 is 0. The number of pyridine rings is 1. The fourth-order valence-electron chi connectivity index (χ4n) is 2.11. The molecule has 20 heavy (non-hydrogen) atoms. The number of ether oxygens (including phenoxy) is 2. The average Bonchev–Trinajstić information content (AvgIpc) is 2.95. The molecule has 5 nitrogen and oxygen atoms in total. The summed E-state index contributed by atoms with van der Waals surface area (Å²) in [6.45, 7) is 1.43. The summed E-state index contributed by atoms with van der Waals surface area (Å²) in [5.74, 6) is 1.56. The van der Waals surface area contributed by atoms with Crippen molar-refractivity contribution in [1.82, 2.24) is 10.3 Å². The molecule has 3 rings (SSSR count). The van der Waals surface area contributed by atoms with Crippen LogP contribution in [0.5, 0.6) is 11.5 Å². The number of benzene rings is 1. The summed E-state index contributed by atoms with van der Waals surface area (Å²) in [6.07, 6.45) is 2.82. The van der Waals surface area contributed by atoms with Gasteiger partial charge in [-0.3, -0.25) is 4.98 Å². The lowest BCUT2D eigenvalue weighted by molar-refractivity contribution is 0.173. The molecule has 0 bridgehead atoms. The van der Waals surface area contributed by atoms with E-state index < -0.39 is 6.10 Å². The average molecular weight is 272 g/mol. The Kier molecular flexibility index (Phi) is 3.80. The molecule has 0 radical (unpaired) electrons. The van der Waals surface area contributed by atoms with Crippen LogP contribution in [0.3, 0.4) is 0 Å². The normalized spacial score (nSPS) is 14.2. The SMILES string of the molecule is OC(CNCc1ccc2c(c1)OCO2)c1ccncc1. The van der Waals surface area contributed by atoms with E-state index in [0.717, 1.165) is 22.6 Å². The zero-order valence-corrected chi connectivity index (χ0v) is 11.0. The molecule has 0 fully saturated rings. The van der Waals surface area contributed by atoms with E-state index in [9.17, 15) is 5.11 Å². The van der Waals surface area contributed by atoms with Crippen molar-refractivity contribution < 1.29 is 14.6 Å². The lowest BCUT2D eigenvalue weighted by Gasteiger charge is -2.12. The summed E-state index contributed by atoms with van der Waals surface area (Å²) in [4.78, 5) is 3.93. The Morgan fingerprint density at radius 2 is 1.95 bits per heavy atom. The number of nitrogens with one attached hydrogen (secondary N) is 1. The van der Waals surface area contributed by atoms with Gasteiger partial charge in [-0.2, -0.15) is 0 Å². The van der Waals surface area contributed by atoms with Gasteiger partial charge in [0.2, 0.25) is 6.79 Å². The monoisotopic (exact) mass is 272 g/mol. The molecule has 104 valence electrons. The highest BCUT2D eigenvalue weighted by molar-refractivity contribution is 5.44. The summed E-state index contributed by atoms with van der Waals surface area (Å²) in [5, 5.41) is 13.2. The van der Waals surface area contributed by atoms with Gasteiger partial charge in [-0.15, -0.1) is 0 Å². The Labute approximate surface area is 117 Å². The number of aliphatic hydroxyl groups is 1. The lowest BCUT2D eigenvalue weighted by Crippen LogP contribution is -2.21. The van der Waals surface area contributed by atoms with Gasteiger partial charge in [0.25, 0.3) is 0 Å². The molecule has 1 aliphatic rings. The van der Waals surface area contributed by atoms with Gasteiger partial charge in [0, 0.05) is 25.5 Å². The molecule has 0 saturated carbocycles. The van der Waals surface area contributed by atoms with Crippen LogP contribution in [0, 0.1) is 0 Å². The molecular weight excluding hydrogens is 256 g/mol. The molecule has 1 unspecified atom stereocenters. The van der Waals surface area contributed by atoms with Crippen LogP contribution in [0.25, 0.3) is 0 Å². The minimum Gasteiger partial charge on any atom is -0.454 e. The van der Waals surface area contributed by atoms with E-state index in [1.165, 1.54) is 0 Å². The molecular formula is C15H16N2O3. The second kappa shape index (κ2) is 5.90. The van der Waals surface area contributed by atoms with Crippen LogP contribution in [0.15, 0.2) is 42.7 Å². The van der Waals surface area contributed by atoms with Crippen molar-refractivity contribution in [2.24, 2.45) is 0 Å². The van der Waals surface area contributed by atoms with Crippen molar-refractivity contribution in [2.75, 3.05) is 13.3 Å². The van der Waals surface area contributed by atoms with E-state index in [1.807, 2.05) is 30.3 Å². The fraction of sp³-hybridized carbons (Fsp3) is 0.267. The number of hydrogen-bond acceptors (Lipinski definition) is 5. The third-order valence-electron chi connectivity index (χ3n) is 3.19. The first-order chi connectivity index (χ1) is 9.83. The number of hydrogen-bond donors (Lipinski definition) is 2. The minimum atomic E-state index is -0.535. The number of nitrogens with zero attached hydrogens (tertiary/aromatic N) is 1. The van der Waals surface area contributed by atoms with E-state index in [0.29, 0.717) is 13.1 Å². The van der Waals surface area contributed by atoms with Crippen LogP contribution in [-0.2, 0) is 6.54 Å². The topological polar surface area (TPSA) is 63.6 Å². The zero-order chi connectivity index (χ0) is 13.8. The van der Waals surface area contributed by atoms with Gasteiger partial charge in [-0.05, 0) is 35.4 Å². The molecule has 0 aliphatic carbocycles. The molecule has 2 heterocycles. The largest absolute Gasteiger partial charge is 0.454 e. The summed E-state index contributed by atoms with van der Waals surface area (Å²) in [7, 11) is 0. The Balaban J connectivity index is 1.53. The molecule has 1 aromatic heterocycles. The summed E-state index contributed by atoms with van der Waals surface area (Å²) in [6, 6.07) is 9.46. The predicted octanol–water partition coefficient (Wildman–Crippen LogP) is 1.63. The standard InChI is InChI=1S/C15H16N2O3/c18-13(12-3-5-16-6-4-12)9-17-8-11-1-2-14-15(7-11)20-10-19-14/h1-7,13,17-18H,8-10H2. The number of fused-ring (bicyclic) bond motifs is 1. The highest BCUT2D eigenvalue weighted by atomic mass is 16.7. The van der Waals surface area contributed by atoms with Crippen LogP contribution in [0.1, 0.15) is 17.2 Å². The van der Waals surface area contributed by atoms with E-state index in [-0.39, 0.29) is 6.79 Å². The Bertz CT molecular complexity index is 575. The maximum absolute atomic E-state index is 10.0. The third kappa shape index (κ3) is 2.89. The van der Waals surface area contributed by atoms with Gasteiger partial charge in [-0.25, -0.2) is 0 Å². The van der Waals surface area contributed by atoms with E-state index >= 15 is 0 Å². The summed E-state index contributed by atoms with van der Waals surface area (Å²) < 4.78 is 10.6. The van der Waals surface area contributed by atoms with Crippen molar-refractivity contribution in [1.29, 1.82) is 0 Å². The zero-order valence-electron chi connectivity index (χ0n) is 11.0. The molecule has 1 atom stereocenters. The van der Waals surface area contributed by atoms with Crippen molar-refractivity contribution in [3.05, 3.63) is 53.9 Å². The molecule has 1 aliphatic heterocycles. The molecule has 5 heteroatoms. The first kappa shape index (κ1) is 12.9. The van der Waals surface area contributed by atoms with Crippen LogP contribution in [0.2, 0.25) is 0 Å². The van der Waals surface area contributed by atoms with E-state index in [4.69, 9.17) is 9.47 Å². The molecule has 2 aromatic rings. The molecule has 0 spiro atoms. The van der Waals surface area contributed by atoms with E-state index in [1.54, 1.807) is 12.4 Å². The fourth-order valence-corrected chi connectivity index (χ4v) is 2.11. The highest BCUT2D eigenvalue weighted by Gasteiger charge is 2.13.